The first-order valence-corrected chi connectivity index (χ1v) is 10.6. The molecule has 0 aliphatic carbocycles. The molecule has 31 heavy (non-hydrogen) atoms. The predicted molar refractivity (Wildman–Crippen MR) is 117 cm³/mol. The minimum absolute atomic E-state index is 0.189. The fourth-order valence-corrected chi connectivity index (χ4v) is 4.31. The third-order valence-corrected chi connectivity index (χ3v) is 5.91. The molecule has 1 fully saturated rings. The van der Waals surface area contributed by atoms with Crippen LogP contribution in [0.5, 0.6) is 0 Å². The molecule has 0 radical (unpaired) electrons. The van der Waals surface area contributed by atoms with E-state index in [0.717, 1.165) is 0 Å². The van der Waals surface area contributed by atoms with Crippen LogP contribution in [0, 0.1) is 11.3 Å². The number of carbonyl (C=O) groups excluding carboxylic acids is 2. The average molecular weight is 433 g/mol. The molecule has 3 amide bonds. The molecule has 2 heterocycles. The van der Waals surface area contributed by atoms with Gasteiger partial charge in [-0.3, -0.25) is 19.1 Å². The van der Waals surface area contributed by atoms with Gasteiger partial charge in [-0.1, -0.05) is 23.9 Å². The molecule has 1 aromatic heterocycles. The lowest BCUT2D eigenvalue weighted by Gasteiger charge is -2.17. The van der Waals surface area contributed by atoms with E-state index in [9.17, 15) is 14.4 Å². The van der Waals surface area contributed by atoms with Crippen LogP contribution < -0.4 is 10.9 Å². The molecular formula is C22H19N5O3S. The van der Waals surface area contributed by atoms with E-state index < -0.39 is 11.6 Å². The van der Waals surface area contributed by atoms with Gasteiger partial charge in [0, 0.05) is 12.3 Å². The number of aromatic nitrogens is 2. The van der Waals surface area contributed by atoms with Gasteiger partial charge in [-0.25, -0.2) is 9.78 Å². The highest BCUT2D eigenvalue weighted by molar-refractivity contribution is 7.99. The lowest BCUT2D eigenvalue weighted by atomic mass is 10.1. The lowest BCUT2D eigenvalue weighted by Crippen LogP contribution is -2.40. The van der Waals surface area contributed by atoms with Crippen LogP contribution >= 0.6 is 11.8 Å². The standard InChI is InChI=1S/C22H19N5O3S/c1-22(2)19(29)26(20(30)25-22)11-12-31-21-24-17-6-4-3-5-16(17)18(28)27(21)15-9-7-14(13-23)8-10-15/h3-10H,11-12H2,1-2H3,(H,25,30). The van der Waals surface area contributed by atoms with Crippen LogP contribution in [0.3, 0.4) is 0 Å². The highest BCUT2D eigenvalue weighted by atomic mass is 32.2. The number of para-hydroxylation sites is 1. The fraction of sp³-hybridized carbons (Fsp3) is 0.227. The summed E-state index contributed by atoms with van der Waals surface area (Å²) < 4.78 is 1.49. The van der Waals surface area contributed by atoms with Gasteiger partial charge in [0.1, 0.15) is 5.54 Å². The van der Waals surface area contributed by atoms with Crippen LogP contribution in [-0.4, -0.2) is 44.2 Å². The van der Waals surface area contributed by atoms with E-state index in [1.807, 2.05) is 6.07 Å². The van der Waals surface area contributed by atoms with Crippen LogP contribution in [0.4, 0.5) is 4.79 Å². The Hall–Kier alpha value is -3.64. The van der Waals surface area contributed by atoms with Crippen molar-refractivity contribution in [1.29, 1.82) is 5.26 Å². The van der Waals surface area contributed by atoms with Crippen molar-refractivity contribution in [2.24, 2.45) is 0 Å². The highest BCUT2D eigenvalue weighted by Crippen LogP contribution is 2.23. The van der Waals surface area contributed by atoms with E-state index in [2.05, 4.69) is 16.4 Å². The summed E-state index contributed by atoms with van der Waals surface area (Å²) in [7, 11) is 0. The summed E-state index contributed by atoms with van der Waals surface area (Å²) in [6, 6.07) is 15.4. The number of nitrogens with zero attached hydrogens (tertiary/aromatic N) is 4. The number of hydrogen-bond acceptors (Lipinski definition) is 6. The first kappa shape index (κ1) is 20.6. The number of amides is 3. The van der Waals surface area contributed by atoms with Gasteiger partial charge in [0.25, 0.3) is 11.5 Å². The summed E-state index contributed by atoms with van der Waals surface area (Å²) >= 11 is 1.28. The summed E-state index contributed by atoms with van der Waals surface area (Å²) in [6.07, 6.45) is 0. The molecule has 1 aliphatic heterocycles. The second-order valence-corrected chi connectivity index (χ2v) is 8.63. The Morgan fingerprint density at radius 3 is 2.45 bits per heavy atom. The van der Waals surface area contributed by atoms with Crippen molar-refractivity contribution in [3.8, 4) is 11.8 Å². The third-order valence-electron chi connectivity index (χ3n) is 4.99. The third kappa shape index (κ3) is 3.78. The molecule has 0 bridgehead atoms. The zero-order chi connectivity index (χ0) is 22.2. The minimum atomic E-state index is -0.923. The van der Waals surface area contributed by atoms with E-state index >= 15 is 0 Å². The van der Waals surface area contributed by atoms with Crippen molar-refractivity contribution < 1.29 is 9.59 Å². The van der Waals surface area contributed by atoms with E-state index in [1.165, 1.54) is 21.2 Å². The van der Waals surface area contributed by atoms with E-state index in [0.29, 0.717) is 33.1 Å². The Bertz CT molecular complexity index is 1290. The first-order chi connectivity index (χ1) is 14.8. The van der Waals surface area contributed by atoms with Gasteiger partial charge in [0.15, 0.2) is 5.16 Å². The number of carbonyl (C=O) groups is 2. The number of hydrogen-bond donors (Lipinski definition) is 1. The molecule has 8 nitrogen and oxygen atoms in total. The summed E-state index contributed by atoms with van der Waals surface area (Å²) in [5, 5.41) is 12.6. The fourth-order valence-electron chi connectivity index (χ4n) is 3.37. The molecule has 0 atom stereocenters. The summed E-state index contributed by atoms with van der Waals surface area (Å²) in [5.74, 6) is 0.0880. The number of rotatable bonds is 5. The van der Waals surface area contributed by atoms with E-state index in [-0.39, 0.29) is 18.0 Å². The SMILES string of the molecule is CC1(C)NC(=O)N(CCSc2nc3ccccc3c(=O)n2-c2ccc(C#N)cc2)C1=O. The quantitative estimate of drug-likeness (QED) is 0.377. The molecule has 0 saturated carbocycles. The van der Waals surface area contributed by atoms with Crippen molar-refractivity contribution >= 4 is 34.6 Å². The monoisotopic (exact) mass is 433 g/mol. The minimum Gasteiger partial charge on any atom is -0.324 e. The normalized spacial score (nSPS) is 15.2. The maximum absolute atomic E-state index is 13.2. The number of thioether (sulfide) groups is 1. The van der Waals surface area contributed by atoms with Gasteiger partial charge in [-0.15, -0.1) is 0 Å². The Morgan fingerprint density at radius 1 is 1.10 bits per heavy atom. The van der Waals surface area contributed by atoms with Crippen LogP contribution in [0.1, 0.15) is 19.4 Å². The number of imide groups is 1. The van der Waals surface area contributed by atoms with Crippen molar-refractivity contribution in [3.05, 3.63) is 64.4 Å². The van der Waals surface area contributed by atoms with Gasteiger partial charge < -0.3 is 5.32 Å². The molecule has 3 aromatic rings. The Balaban J connectivity index is 1.68. The van der Waals surface area contributed by atoms with Gasteiger partial charge >= 0.3 is 6.03 Å². The zero-order valence-electron chi connectivity index (χ0n) is 17.0. The molecule has 9 heteroatoms. The largest absolute Gasteiger partial charge is 0.325 e. The number of nitrogens with one attached hydrogen (secondary N) is 1. The van der Waals surface area contributed by atoms with Gasteiger partial charge in [-0.2, -0.15) is 5.26 Å². The second kappa shape index (κ2) is 7.89. The Kier molecular flexibility index (Phi) is 5.25. The molecule has 1 N–H and O–H groups in total. The van der Waals surface area contributed by atoms with Crippen LogP contribution in [0.2, 0.25) is 0 Å². The Labute approximate surface area is 182 Å². The van der Waals surface area contributed by atoms with E-state index in [4.69, 9.17) is 5.26 Å². The summed E-state index contributed by atoms with van der Waals surface area (Å²) in [4.78, 5) is 43.6. The topological polar surface area (TPSA) is 108 Å². The van der Waals surface area contributed by atoms with Crippen LogP contribution in [-0.2, 0) is 4.79 Å². The van der Waals surface area contributed by atoms with Crippen LogP contribution in [0.15, 0.2) is 58.5 Å². The molecule has 0 spiro atoms. The van der Waals surface area contributed by atoms with Gasteiger partial charge in [0.05, 0.1) is 28.2 Å². The Morgan fingerprint density at radius 2 is 1.81 bits per heavy atom. The first-order valence-electron chi connectivity index (χ1n) is 9.61. The van der Waals surface area contributed by atoms with Crippen molar-refractivity contribution in [2.75, 3.05) is 12.3 Å². The molecule has 2 aromatic carbocycles. The van der Waals surface area contributed by atoms with E-state index in [1.54, 1.807) is 56.3 Å². The molecule has 1 saturated heterocycles. The zero-order valence-corrected chi connectivity index (χ0v) is 17.8. The van der Waals surface area contributed by atoms with Gasteiger partial charge in [-0.05, 0) is 50.2 Å². The van der Waals surface area contributed by atoms with Crippen molar-refractivity contribution in [2.45, 2.75) is 24.5 Å². The highest BCUT2D eigenvalue weighted by Gasteiger charge is 2.43. The molecular weight excluding hydrogens is 414 g/mol. The van der Waals surface area contributed by atoms with Gasteiger partial charge in [0.2, 0.25) is 0 Å². The smallest absolute Gasteiger partial charge is 0.324 e. The van der Waals surface area contributed by atoms with Crippen LogP contribution in [0.25, 0.3) is 16.6 Å². The molecule has 1 aliphatic rings. The summed E-state index contributed by atoms with van der Waals surface area (Å²) in [6.45, 7) is 3.51. The predicted octanol–water partition coefficient (Wildman–Crippen LogP) is 2.68. The van der Waals surface area contributed by atoms with Crippen molar-refractivity contribution in [1.82, 2.24) is 19.8 Å². The second-order valence-electron chi connectivity index (χ2n) is 7.57. The lowest BCUT2D eigenvalue weighted by molar-refractivity contribution is -0.130. The maximum Gasteiger partial charge on any atom is 0.325 e. The number of benzene rings is 2. The number of urea groups is 1. The summed E-state index contributed by atoms with van der Waals surface area (Å²) in [5.41, 5.74) is 0.486. The molecule has 4 rings (SSSR count). The van der Waals surface area contributed by atoms with Crippen molar-refractivity contribution in [3.63, 3.8) is 0 Å². The maximum atomic E-state index is 13.2. The number of nitriles is 1. The molecule has 156 valence electrons. The average Bonchev–Trinajstić information content (AvgIpc) is 2.95. The molecule has 0 unspecified atom stereocenters. The number of fused-ring (bicyclic) bond motifs is 1.